The average Bonchev–Trinajstić information content (AvgIpc) is 3.06. The second-order valence-electron chi connectivity index (χ2n) is 4.84. The molecule has 0 aliphatic rings. The Kier molecular flexibility index (Phi) is 4.48. The van der Waals surface area contributed by atoms with Crippen molar-refractivity contribution in [1.29, 1.82) is 0 Å². The second kappa shape index (κ2) is 6.70. The molecule has 0 bridgehead atoms. The molecule has 108 valence electrons. The summed E-state index contributed by atoms with van der Waals surface area (Å²) in [6, 6.07) is 14.2. The van der Waals surface area contributed by atoms with Gasteiger partial charge in [0.05, 0.1) is 5.52 Å². The number of pyridine rings is 1. The highest BCUT2D eigenvalue weighted by atomic mass is 32.1. The molecule has 0 spiro atoms. The zero-order chi connectivity index (χ0) is 14.5. The molecule has 0 fully saturated rings. The largest absolute Gasteiger partial charge is 0.484 e. The van der Waals surface area contributed by atoms with E-state index in [-0.39, 0.29) is 6.10 Å². The zero-order valence-corrected chi connectivity index (χ0v) is 12.8. The van der Waals surface area contributed by atoms with Crippen LogP contribution in [0.5, 0.6) is 5.75 Å². The van der Waals surface area contributed by atoms with Gasteiger partial charge in [-0.3, -0.25) is 4.98 Å². The molecule has 1 atom stereocenters. The van der Waals surface area contributed by atoms with E-state index in [0.29, 0.717) is 0 Å². The molecule has 2 heterocycles. The number of rotatable bonds is 6. The molecule has 1 N–H and O–H groups in total. The lowest BCUT2D eigenvalue weighted by Crippen LogP contribution is -2.15. The van der Waals surface area contributed by atoms with Crippen LogP contribution in [-0.4, -0.2) is 18.6 Å². The highest BCUT2D eigenvalue weighted by Crippen LogP contribution is 2.31. The first-order valence-corrected chi connectivity index (χ1v) is 7.95. The highest BCUT2D eigenvalue weighted by molar-refractivity contribution is 7.10. The van der Waals surface area contributed by atoms with Crippen LogP contribution in [-0.2, 0) is 0 Å². The fourth-order valence-electron chi connectivity index (χ4n) is 2.34. The van der Waals surface area contributed by atoms with Crippen molar-refractivity contribution in [2.45, 2.75) is 12.5 Å². The first-order chi connectivity index (χ1) is 10.4. The van der Waals surface area contributed by atoms with Crippen molar-refractivity contribution in [3.05, 3.63) is 58.9 Å². The van der Waals surface area contributed by atoms with E-state index in [0.717, 1.165) is 29.6 Å². The summed E-state index contributed by atoms with van der Waals surface area (Å²) in [6.07, 6.45) is 2.82. The van der Waals surface area contributed by atoms with E-state index in [1.54, 1.807) is 11.3 Å². The molecule has 0 amide bonds. The first-order valence-electron chi connectivity index (χ1n) is 7.07. The number of thiophene rings is 1. The molecule has 0 aliphatic carbocycles. The van der Waals surface area contributed by atoms with Crippen LogP contribution in [0.2, 0.25) is 0 Å². The van der Waals surface area contributed by atoms with Gasteiger partial charge in [-0.1, -0.05) is 12.1 Å². The van der Waals surface area contributed by atoms with Gasteiger partial charge in [0.2, 0.25) is 0 Å². The van der Waals surface area contributed by atoms with Gasteiger partial charge in [-0.05, 0) is 49.3 Å². The molecule has 3 rings (SSSR count). The summed E-state index contributed by atoms with van der Waals surface area (Å²) < 4.78 is 6.30. The van der Waals surface area contributed by atoms with Crippen LogP contribution >= 0.6 is 11.3 Å². The van der Waals surface area contributed by atoms with Crippen LogP contribution in [0.4, 0.5) is 0 Å². The third-order valence-electron chi connectivity index (χ3n) is 3.39. The van der Waals surface area contributed by atoms with Gasteiger partial charge < -0.3 is 10.1 Å². The molecule has 0 aliphatic heterocycles. The minimum atomic E-state index is 0.0725. The summed E-state index contributed by atoms with van der Waals surface area (Å²) in [5.74, 6) is 0.898. The highest BCUT2D eigenvalue weighted by Gasteiger charge is 2.15. The van der Waals surface area contributed by atoms with E-state index < -0.39 is 0 Å². The topological polar surface area (TPSA) is 34.1 Å². The molecular formula is C17H18N2OS. The van der Waals surface area contributed by atoms with Crippen LogP contribution in [0.3, 0.4) is 0 Å². The molecule has 0 saturated carbocycles. The van der Waals surface area contributed by atoms with Crippen molar-refractivity contribution in [3.8, 4) is 5.75 Å². The summed E-state index contributed by atoms with van der Waals surface area (Å²) in [4.78, 5) is 5.64. The summed E-state index contributed by atoms with van der Waals surface area (Å²) in [7, 11) is 1.97. The quantitative estimate of drug-likeness (QED) is 0.746. The number of aromatic nitrogens is 1. The van der Waals surface area contributed by atoms with Crippen molar-refractivity contribution in [3.63, 3.8) is 0 Å². The van der Waals surface area contributed by atoms with Gasteiger partial charge in [0.25, 0.3) is 0 Å². The third kappa shape index (κ3) is 3.23. The van der Waals surface area contributed by atoms with Gasteiger partial charge >= 0.3 is 0 Å². The van der Waals surface area contributed by atoms with Crippen LogP contribution < -0.4 is 10.1 Å². The van der Waals surface area contributed by atoms with Gasteiger partial charge in [-0.25, -0.2) is 0 Å². The van der Waals surface area contributed by atoms with E-state index in [2.05, 4.69) is 33.9 Å². The SMILES string of the molecule is CNCC[C@H](Oc1cccc2ncccc12)c1cccs1. The molecule has 0 unspecified atom stereocenters. The Morgan fingerprint density at radius 1 is 1.19 bits per heavy atom. The predicted molar refractivity (Wildman–Crippen MR) is 88.0 cm³/mol. The number of fused-ring (bicyclic) bond motifs is 1. The lowest BCUT2D eigenvalue weighted by Gasteiger charge is -2.19. The number of hydrogen-bond acceptors (Lipinski definition) is 4. The summed E-state index contributed by atoms with van der Waals surface area (Å²) in [6.45, 7) is 0.922. The lowest BCUT2D eigenvalue weighted by molar-refractivity contribution is 0.201. The minimum absolute atomic E-state index is 0.0725. The molecule has 4 heteroatoms. The summed E-state index contributed by atoms with van der Waals surface area (Å²) in [5, 5.41) is 6.35. The van der Waals surface area contributed by atoms with Gasteiger partial charge in [-0.15, -0.1) is 11.3 Å². The van der Waals surface area contributed by atoms with Gasteiger partial charge in [0.15, 0.2) is 0 Å². The summed E-state index contributed by atoms with van der Waals surface area (Å²) >= 11 is 1.74. The van der Waals surface area contributed by atoms with Crippen LogP contribution in [0, 0.1) is 0 Å². The maximum atomic E-state index is 6.30. The molecule has 1 aromatic carbocycles. The fraction of sp³-hybridized carbons (Fsp3) is 0.235. The molecule has 0 saturated heterocycles. The Morgan fingerprint density at radius 2 is 2.14 bits per heavy atom. The number of ether oxygens (including phenoxy) is 1. The van der Waals surface area contributed by atoms with Crippen molar-refractivity contribution < 1.29 is 4.74 Å². The lowest BCUT2D eigenvalue weighted by atomic mass is 10.1. The molecule has 21 heavy (non-hydrogen) atoms. The minimum Gasteiger partial charge on any atom is -0.484 e. The maximum absolute atomic E-state index is 6.30. The monoisotopic (exact) mass is 298 g/mol. The standard InChI is InChI=1S/C17H18N2OS/c1-18-11-9-16(17-8-4-12-21-17)20-15-7-2-6-14-13(15)5-3-10-19-14/h2-8,10,12,16,18H,9,11H2,1H3/t16-/m0/s1. The van der Waals surface area contributed by atoms with Crippen molar-refractivity contribution in [2.75, 3.05) is 13.6 Å². The fourth-order valence-corrected chi connectivity index (χ4v) is 3.13. The predicted octanol–water partition coefficient (Wildman–Crippen LogP) is 4.03. The zero-order valence-electron chi connectivity index (χ0n) is 12.0. The van der Waals surface area contributed by atoms with E-state index >= 15 is 0 Å². The third-order valence-corrected chi connectivity index (χ3v) is 4.36. The van der Waals surface area contributed by atoms with Crippen LogP contribution in [0.15, 0.2) is 54.0 Å². The van der Waals surface area contributed by atoms with Crippen LogP contribution in [0.1, 0.15) is 17.4 Å². The van der Waals surface area contributed by atoms with Crippen molar-refractivity contribution >= 4 is 22.2 Å². The average molecular weight is 298 g/mol. The van der Waals surface area contributed by atoms with Crippen molar-refractivity contribution in [2.24, 2.45) is 0 Å². The second-order valence-corrected chi connectivity index (χ2v) is 5.82. The number of hydrogen-bond donors (Lipinski definition) is 1. The molecule has 3 nitrogen and oxygen atoms in total. The van der Waals surface area contributed by atoms with Crippen molar-refractivity contribution in [1.82, 2.24) is 10.3 Å². The molecular weight excluding hydrogens is 280 g/mol. The smallest absolute Gasteiger partial charge is 0.134 e. The van der Waals surface area contributed by atoms with Gasteiger partial charge in [0.1, 0.15) is 11.9 Å². The van der Waals surface area contributed by atoms with E-state index in [1.165, 1.54) is 4.88 Å². The Bertz CT molecular complexity index is 692. The van der Waals surface area contributed by atoms with E-state index in [4.69, 9.17) is 4.74 Å². The first kappa shape index (κ1) is 14.0. The number of nitrogens with zero attached hydrogens (tertiary/aromatic N) is 1. The van der Waals surface area contributed by atoms with Gasteiger partial charge in [0, 0.05) is 22.9 Å². The van der Waals surface area contributed by atoms with Crippen LogP contribution in [0.25, 0.3) is 10.9 Å². The van der Waals surface area contributed by atoms with E-state index in [9.17, 15) is 0 Å². The maximum Gasteiger partial charge on any atom is 0.134 e. The number of nitrogens with one attached hydrogen (secondary N) is 1. The molecule has 3 aromatic rings. The Morgan fingerprint density at radius 3 is 2.95 bits per heavy atom. The molecule has 2 aromatic heterocycles. The Labute approximate surface area is 128 Å². The normalized spacial score (nSPS) is 12.4. The Balaban J connectivity index is 1.90. The summed E-state index contributed by atoms with van der Waals surface area (Å²) in [5.41, 5.74) is 0.966. The van der Waals surface area contributed by atoms with E-state index in [1.807, 2.05) is 37.5 Å². The Hall–Kier alpha value is -1.91. The van der Waals surface area contributed by atoms with Gasteiger partial charge in [-0.2, -0.15) is 0 Å². The number of benzene rings is 1. The molecule has 0 radical (unpaired) electrons.